The van der Waals surface area contributed by atoms with Crippen molar-refractivity contribution in [3.8, 4) is 0 Å². The maximum atomic E-state index is 12.0. The van der Waals surface area contributed by atoms with Crippen LogP contribution in [0.15, 0.2) is 70.1 Å². The number of hydrogen-bond donors (Lipinski definition) is 2. The van der Waals surface area contributed by atoms with E-state index in [2.05, 4.69) is 20.9 Å². The van der Waals surface area contributed by atoms with Gasteiger partial charge in [-0.3, -0.25) is 9.59 Å². The second-order valence-electron chi connectivity index (χ2n) is 5.60. The second kappa shape index (κ2) is 8.00. The Kier molecular flexibility index (Phi) is 5.53. The van der Waals surface area contributed by atoms with Crippen molar-refractivity contribution in [1.29, 1.82) is 0 Å². The molecule has 2 N–H and O–H groups in total. The molecular weight excluding hydrogens is 340 g/mol. The minimum absolute atomic E-state index is 0.149. The number of hydrogen-bond acceptors (Lipinski definition) is 4. The van der Waals surface area contributed by atoms with E-state index in [1.54, 1.807) is 24.3 Å². The van der Waals surface area contributed by atoms with Crippen molar-refractivity contribution in [3.63, 3.8) is 0 Å². The molecule has 3 rings (SSSR count). The Labute approximate surface area is 150 Å². The van der Waals surface area contributed by atoms with E-state index in [-0.39, 0.29) is 17.7 Å². The number of amides is 2. The standard InChI is InChI=1S/C18H17ClN4O2/c19-13-7-5-12(6-8-13)17(24)21-10-9-20-11-16-14-3-1-2-4-15(14)18(25)23-22-16/h1-8,15,20H,9-11H2,(H,21,24). The number of allylic oxidation sites excluding steroid dienone is 3. The first kappa shape index (κ1) is 17.3. The normalized spacial score (nSPS) is 18.4. The number of nitrogens with zero attached hydrogens (tertiary/aromatic N) is 2. The van der Waals surface area contributed by atoms with Gasteiger partial charge in [0, 0.05) is 30.2 Å². The third-order valence-electron chi connectivity index (χ3n) is 3.88. The van der Waals surface area contributed by atoms with Crippen molar-refractivity contribution in [2.24, 2.45) is 16.1 Å². The number of rotatable bonds is 6. The summed E-state index contributed by atoms with van der Waals surface area (Å²) in [5.74, 6) is -0.720. The van der Waals surface area contributed by atoms with E-state index in [9.17, 15) is 9.59 Å². The zero-order valence-electron chi connectivity index (χ0n) is 13.4. The molecule has 25 heavy (non-hydrogen) atoms. The van der Waals surface area contributed by atoms with E-state index in [0.29, 0.717) is 30.2 Å². The van der Waals surface area contributed by atoms with Gasteiger partial charge in [-0.1, -0.05) is 35.9 Å². The molecular formula is C18H17ClN4O2. The summed E-state index contributed by atoms with van der Waals surface area (Å²) in [6.45, 7) is 1.53. The minimum Gasteiger partial charge on any atom is -0.351 e. The Morgan fingerprint density at radius 1 is 1.12 bits per heavy atom. The Hall–Kier alpha value is -2.57. The molecule has 1 aromatic carbocycles. The molecule has 0 saturated carbocycles. The topological polar surface area (TPSA) is 82.9 Å². The van der Waals surface area contributed by atoms with Crippen LogP contribution in [-0.4, -0.2) is 31.4 Å². The maximum Gasteiger partial charge on any atom is 0.275 e. The highest BCUT2D eigenvalue weighted by molar-refractivity contribution is 6.30. The molecule has 0 aromatic heterocycles. The molecule has 1 aromatic rings. The van der Waals surface area contributed by atoms with Gasteiger partial charge in [0.15, 0.2) is 0 Å². The minimum atomic E-state index is -0.330. The Balaban J connectivity index is 1.46. The van der Waals surface area contributed by atoms with Crippen LogP contribution in [0.25, 0.3) is 0 Å². The summed E-state index contributed by atoms with van der Waals surface area (Å²) in [6, 6.07) is 6.72. The number of carbonyl (C=O) groups excluding carboxylic acids is 2. The molecule has 1 aliphatic heterocycles. The van der Waals surface area contributed by atoms with Gasteiger partial charge in [-0.25, -0.2) is 0 Å². The number of carbonyl (C=O) groups is 2. The predicted octanol–water partition coefficient (Wildman–Crippen LogP) is 2.65. The zero-order chi connectivity index (χ0) is 17.6. The Morgan fingerprint density at radius 3 is 2.72 bits per heavy atom. The highest BCUT2D eigenvalue weighted by Gasteiger charge is 2.26. The molecule has 0 fully saturated rings. The van der Waals surface area contributed by atoms with E-state index in [1.807, 2.05) is 24.3 Å². The highest BCUT2D eigenvalue weighted by Crippen LogP contribution is 2.27. The van der Waals surface area contributed by atoms with Crippen LogP contribution in [0.5, 0.6) is 0 Å². The summed E-state index contributed by atoms with van der Waals surface area (Å²) in [6.07, 6.45) is 7.43. The lowest BCUT2D eigenvalue weighted by molar-refractivity contribution is -0.120. The lowest BCUT2D eigenvalue weighted by Crippen LogP contribution is -2.33. The lowest BCUT2D eigenvalue weighted by Gasteiger charge is -2.19. The Bertz CT molecular complexity index is 794. The fraction of sp³-hybridized carbons (Fsp3) is 0.222. The van der Waals surface area contributed by atoms with Gasteiger partial charge in [0.05, 0.1) is 11.6 Å². The molecule has 0 radical (unpaired) electrons. The third kappa shape index (κ3) is 4.29. The number of benzene rings is 1. The van der Waals surface area contributed by atoms with Crippen LogP contribution in [0.2, 0.25) is 5.02 Å². The van der Waals surface area contributed by atoms with Crippen molar-refractivity contribution in [2.45, 2.75) is 0 Å². The van der Waals surface area contributed by atoms with Crippen molar-refractivity contribution < 1.29 is 9.59 Å². The van der Waals surface area contributed by atoms with Crippen LogP contribution in [0.4, 0.5) is 0 Å². The number of nitrogens with one attached hydrogen (secondary N) is 2. The van der Waals surface area contributed by atoms with Crippen LogP contribution in [0.3, 0.4) is 0 Å². The van der Waals surface area contributed by atoms with E-state index in [4.69, 9.17) is 11.6 Å². The SMILES string of the molecule is O=C(NCCNCC1=C2C=CC=CC2C(=O)N=N1)c1ccc(Cl)cc1. The van der Waals surface area contributed by atoms with Gasteiger partial charge in [0.1, 0.15) is 0 Å². The molecule has 0 bridgehead atoms. The molecule has 6 nitrogen and oxygen atoms in total. The van der Waals surface area contributed by atoms with E-state index >= 15 is 0 Å². The number of halogens is 1. The van der Waals surface area contributed by atoms with Crippen LogP contribution in [0.1, 0.15) is 10.4 Å². The fourth-order valence-corrected chi connectivity index (χ4v) is 2.70. The van der Waals surface area contributed by atoms with Gasteiger partial charge >= 0.3 is 0 Å². The van der Waals surface area contributed by atoms with Crippen LogP contribution in [-0.2, 0) is 4.79 Å². The van der Waals surface area contributed by atoms with Gasteiger partial charge in [-0.15, -0.1) is 5.11 Å². The van der Waals surface area contributed by atoms with Gasteiger partial charge in [0.25, 0.3) is 11.8 Å². The quantitative estimate of drug-likeness (QED) is 0.769. The average Bonchev–Trinajstić information content (AvgIpc) is 2.64. The third-order valence-corrected chi connectivity index (χ3v) is 4.13. The molecule has 2 aliphatic rings. The van der Waals surface area contributed by atoms with Gasteiger partial charge in [0.2, 0.25) is 0 Å². The number of azo groups is 1. The molecule has 1 atom stereocenters. The monoisotopic (exact) mass is 356 g/mol. The van der Waals surface area contributed by atoms with Gasteiger partial charge in [-0.2, -0.15) is 5.11 Å². The lowest BCUT2D eigenvalue weighted by atomic mass is 9.91. The molecule has 1 heterocycles. The van der Waals surface area contributed by atoms with Gasteiger partial charge < -0.3 is 10.6 Å². The summed E-state index contributed by atoms with van der Waals surface area (Å²) in [7, 11) is 0. The van der Waals surface area contributed by atoms with E-state index in [0.717, 1.165) is 11.3 Å². The smallest absolute Gasteiger partial charge is 0.275 e. The second-order valence-corrected chi connectivity index (χ2v) is 6.04. The van der Waals surface area contributed by atoms with Crippen LogP contribution in [0, 0.1) is 5.92 Å². The maximum absolute atomic E-state index is 12.0. The fourth-order valence-electron chi connectivity index (χ4n) is 2.57. The van der Waals surface area contributed by atoms with Gasteiger partial charge in [-0.05, 0) is 29.8 Å². The molecule has 7 heteroatoms. The first-order valence-electron chi connectivity index (χ1n) is 7.93. The summed E-state index contributed by atoms with van der Waals surface area (Å²) < 4.78 is 0. The van der Waals surface area contributed by atoms with Crippen LogP contribution >= 0.6 is 11.6 Å². The summed E-state index contributed by atoms with van der Waals surface area (Å²) in [5.41, 5.74) is 2.19. The van der Waals surface area contributed by atoms with Crippen molar-refractivity contribution in [2.75, 3.05) is 19.6 Å². The van der Waals surface area contributed by atoms with E-state index in [1.165, 1.54) is 0 Å². The van der Waals surface area contributed by atoms with Crippen molar-refractivity contribution in [3.05, 3.63) is 70.4 Å². The van der Waals surface area contributed by atoms with Crippen molar-refractivity contribution >= 4 is 23.4 Å². The molecule has 1 aliphatic carbocycles. The predicted molar refractivity (Wildman–Crippen MR) is 95.3 cm³/mol. The largest absolute Gasteiger partial charge is 0.351 e. The molecule has 0 saturated heterocycles. The van der Waals surface area contributed by atoms with Crippen LogP contribution < -0.4 is 10.6 Å². The highest BCUT2D eigenvalue weighted by atomic mass is 35.5. The summed E-state index contributed by atoms with van der Waals surface area (Å²) in [5, 5.41) is 14.3. The molecule has 0 spiro atoms. The first-order valence-corrected chi connectivity index (χ1v) is 8.31. The average molecular weight is 357 g/mol. The summed E-state index contributed by atoms with van der Waals surface area (Å²) in [4.78, 5) is 23.7. The van der Waals surface area contributed by atoms with E-state index < -0.39 is 0 Å². The zero-order valence-corrected chi connectivity index (χ0v) is 14.2. The summed E-state index contributed by atoms with van der Waals surface area (Å²) >= 11 is 5.80. The van der Waals surface area contributed by atoms with Crippen molar-refractivity contribution in [1.82, 2.24) is 10.6 Å². The number of fused-ring (bicyclic) bond motifs is 1. The molecule has 2 amide bonds. The molecule has 1 unspecified atom stereocenters. The Morgan fingerprint density at radius 2 is 1.92 bits per heavy atom. The first-order chi connectivity index (χ1) is 12.1. The molecule has 128 valence electrons.